The van der Waals surface area contributed by atoms with Crippen molar-refractivity contribution < 1.29 is 28.3 Å². The summed E-state index contributed by atoms with van der Waals surface area (Å²) in [6.45, 7) is 0.0464. The number of fused-ring (bicyclic) bond motifs is 3. The van der Waals surface area contributed by atoms with E-state index in [1.807, 2.05) is 42.6 Å². The third-order valence-corrected chi connectivity index (χ3v) is 6.23. The van der Waals surface area contributed by atoms with Crippen molar-refractivity contribution in [1.29, 1.82) is 0 Å². The molecule has 0 amide bonds. The van der Waals surface area contributed by atoms with Gasteiger partial charge in [0.05, 0.1) is 0 Å². The molecule has 4 heteroatoms. The number of aromatic nitrogens is 3. The molecular weight excluding hydrogens is 619 g/mol. The number of pyridine rings is 3. The summed E-state index contributed by atoms with van der Waals surface area (Å²) in [5.74, 6) is 0. The van der Waals surface area contributed by atoms with Gasteiger partial charge in [0.2, 0.25) is 0 Å². The molecule has 1 radical (unpaired) electrons. The molecule has 0 saturated carbocycles. The largest absolute Gasteiger partial charge is 0.360 e. The molecule has 3 heterocycles. The summed E-state index contributed by atoms with van der Waals surface area (Å²) < 4.78 is 45.0. The van der Waals surface area contributed by atoms with Crippen LogP contribution in [0, 0.1) is 26.0 Å². The van der Waals surface area contributed by atoms with Crippen LogP contribution in [-0.4, -0.2) is 15.0 Å². The fourth-order valence-electron chi connectivity index (χ4n) is 4.38. The molecule has 1 aliphatic rings. The second-order valence-corrected chi connectivity index (χ2v) is 8.84. The standard InChI is InChI=1S/C20H17N2.C12H10N.Ir/c1-13-8-9-21-11-16(13)19-10-15-14-6-4-5-7-17(14)20(2,3)18(15)12-22-19;1-10-7-8-12(13-9-10)11-5-3-2-4-6-11;/h4-10,12H,1-3H3;2-5,7-9H,1H3;/q2*-1;/i2*1D3;. The smallest absolute Gasteiger partial charge is 0.0280 e. The van der Waals surface area contributed by atoms with E-state index in [-0.39, 0.29) is 36.6 Å². The molecule has 0 saturated heterocycles. The second-order valence-electron chi connectivity index (χ2n) is 8.84. The van der Waals surface area contributed by atoms with Crippen molar-refractivity contribution in [2.45, 2.75) is 33.0 Å². The maximum atomic E-state index is 7.75. The Morgan fingerprint density at radius 2 is 1.64 bits per heavy atom. The van der Waals surface area contributed by atoms with Crippen molar-refractivity contribution in [2.24, 2.45) is 0 Å². The van der Waals surface area contributed by atoms with Gasteiger partial charge in [0.1, 0.15) is 0 Å². The van der Waals surface area contributed by atoms with Gasteiger partial charge in [-0.1, -0.05) is 69.4 Å². The maximum Gasteiger partial charge on any atom is 0.0280 e. The predicted octanol–water partition coefficient (Wildman–Crippen LogP) is 7.41. The zero-order valence-electron chi connectivity index (χ0n) is 25.8. The third kappa shape index (κ3) is 4.93. The SMILES string of the molecule is [2H]C([2H])([2H])c1ccc(-c2[c-]cccc2)nc1.[2H]C([2H])([2H])c1ccn[c-]c1-c1cc2c(cn1)C(C)(C)c1ccccc1-2.[Ir]. The van der Waals surface area contributed by atoms with Gasteiger partial charge in [-0.15, -0.1) is 53.1 Å². The Hall–Kier alpha value is -3.46. The van der Waals surface area contributed by atoms with Crippen LogP contribution < -0.4 is 0 Å². The van der Waals surface area contributed by atoms with Crippen molar-refractivity contribution in [2.75, 3.05) is 0 Å². The molecule has 0 unspecified atom stereocenters. The summed E-state index contributed by atoms with van der Waals surface area (Å²) in [7, 11) is 0. The summed E-state index contributed by atoms with van der Waals surface area (Å²) in [6.07, 6.45) is 7.53. The first-order chi connectivity index (χ1) is 19.4. The Morgan fingerprint density at radius 1 is 0.806 bits per heavy atom. The molecule has 6 rings (SSSR count). The van der Waals surface area contributed by atoms with Gasteiger partial charge in [-0.05, 0) is 52.3 Å². The molecule has 181 valence electrons. The summed E-state index contributed by atoms with van der Waals surface area (Å²) in [4.78, 5) is 12.7. The maximum absolute atomic E-state index is 7.75. The molecule has 3 aromatic heterocycles. The number of hydrogen-bond donors (Lipinski definition) is 0. The molecule has 0 N–H and O–H groups in total. The first kappa shape index (κ1) is 18.8. The van der Waals surface area contributed by atoms with E-state index in [2.05, 4.69) is 53.2 Å². The molecule has 0 aliphatic heterocycles. The van der Waals surface area contributed by atoms with Gasteiger partial charge in [-0.2, -0.15) is 0 Å². The van der Waals surface area contributed by atoms with E-state index in [4.69, 9.17) is 8.22 Å². The van der Waals surface area contributed by atoms with Crippen LogP contribution in [0.4, 0.5) is 0 Å². The summed E-state index contributed by atoms with van der Waals surface area (Å²) in [6, 6.07) is 25.6. The molecule has 5 aromatic rings. The van der Waals surface area contributed by atoms with Crippen molar-refractivity contribution >= 4 is 0 Å². The molecule has 3 nitrogen and oxygen atoms in total. The number of hydrogen-bond acceptors (Lipinski definition) is 3. The zero-order valence-corrected chi connectivity index (χ0v) is 22.2. The van der Waals surface area contributed by atoms with Gasteiger partial charge in [0, 0.05) is 46.1 Å². The minimum absolute atomic E-state index is 0. The quantitative estimate of drug-likeness (QED) is 0.187. The van der Waals surface area contributed by atoms with Gasteiger partial charge in [-0.3, -0.25) is 0 Å². The minimum Gasteiger partial charge on any atom is -0.360 e. The molecule has 0 atom stereocenters. The number of benzene rings is 2. The van der Waals surface area contributed by atoms with Crippen molar-refractivity contribution in [3.63, 3.8) is 0 Å². The summed E-state index contributed by atoms with van der Waals surface area (Å²) >= 11 is 0. The average molecular weight is 652 g/mol. The van der Waals surface area contributed by atoms with E-state index in [1.54, 1.807) is 18.2 Å². The zero-order chi connectivity index (χ0) is 29.4. The Balaban J connectivity index is 0.000000207. The van der Waals surface area contributed by atoms with Crippen molar-refractivity contribution in [3.05, 3.63) is 126 Å². The average Bonchev–Trinajstić information content (AvgIpc) is 3.19. The predicted molar refractivity (Wildman–Crippen MR) is 142 cm³/mol. The fraction of sp³-hybridized carbons (Fsp3) is 0.156. The molecular formula is C32H27IrN3-2. The molecule has 36 heavy (non-hydrogen) atoms. The summed E-state index contributed by atoms with van der Waals surface area (Å²) in [5, 5.41) is 0. The van der Waals surface area contributed by atoms with E-state index in [0.29, 0.717) is 11.3 Å². The fourth-order valence-corrected chi connectivity index (χ4v) is 4.38. The van der Waals surface area contributed by atoms with Crippen LogP contribution in [0.2, 0.25) is 0 Å². The first-order valence-electron chi connectivity index (χ1n) is 14.3. The molecule has 0 bridgehead atoms. The molecule has 1 aliphatic carbocycles. The Bertz CT molecular complexity index is 1680. The van der Waals surface area contributed by atoms with Gasteiger partial charge in [0.15, 0.2) is 0 Å². The van der Waals surface area contributed by atoms with E-state index in [9.17, 15) is 0 Å². The molecule has 2 aromatic carbocycles. The van der Waals surface area contributed by atoms with E-state index in [1.165, 1.54) is 29.6 Å². The van der Waals surface area contributed by atoms with Crippen LogP contribution in [0.5, 0.6) is 0 Å². The number of nitrogens with zero attached hydrogens (tertiary/aromatic N) is 3. The van der Waals surface area contributed by atoms with Gasteiger partial charge in [-0.25, -0.2) is 0 Å². The number of rotatable bonds is 2. The van der Waals surface area contributed by atoms with Crippen LogP contribution in [0.15, 0.2) is 91.4 Å². The van der Waals surface area contributed by atoms with Crippen LogP contribution >= 0.6 is 0 Å². The summed E-state index contributed by atoms with van der Waals surface area (Å²) in [5.41, 5.74) is 7.65. The first-order valence-corrected chi connectivity index (χ1v) is 11.3. The van der Waals surface area contributed by atoms with Crippen LogP contribution in [0.1, 0.15) is 44.3 Å². The van der Waals surface area contributed by atoms with E-state index < -0.39 is 13.7 Å². The Morgan fingerprint density at radius 3 is 2.39 bits per heavy atom. The second kappa shape index (κ2) is 10.7. The minimum atomic E-state index is -2.23. The van der Waals surface area contributed by atoms with Crippen LogP contribution in [0.25, 0.3) is 33.6 Å². The monoisotopic (exact) mass is 652 g/mol. The topological polar surface area (TPSA) is 38.7 Å². The van der Waals surface area contributed by atoms with Gasteiger partial charge < -0.3 is 15.0 Å². The van der Waals surface area contributed by atoms with Gasteiger partial charge >= 0.3 is 0 Å². The van der Waals surface area contributed by atoms with Crippen molar-refractivity contribution in [3.8, 4) is 33.6 Å². The Labute approximate surface area is 235 Å². The van der Waals surface area contributed by atoms with Crippen LogP contribution in [0.3, 0.4) is 0 Å². The van der Waals surface area contributed by atoms with Crippen LogP contribution in [-0.2, 0) is 25.5 Å². The van der Waals surface area contributed by atoms with Gasteiger partial charge in [0.25, 0.3) is 0 Å². The normalized spacial score (nSPS) is 15.6. The Kier molecular flexibility index (Phi) is 5.55. The third-order valence-electron chi connectivity index (χ3n) is 6.23. The molecule has 0 spiro atoms. The molecule has 0 fully saturated rings. The van der Waals surface area contributed by atoms with Crippen molar-refractivity contribution in [1.82, 2.24) is 15.0 Å². The van der Waals surface area contributed by atoms with E-state index in [0.717, 1.165) is 22.4 Å². The number of aryl methyl sites for hydroxylation is 2. The van der Waals surface area contributed by atoms with E-state index >= 15 is 0 Å².